The van der Waals surface area contributed by atoms with Crippen molar-refractivity contribution in [2.24, 2.45) is 0 Å². The highest BCUT2D eigenvalue weighted by molar-refractivity contribution is 7.18. The van der Waals surface area contributed by atoms with Crippen LogP contribution in [0, 0.1) is 13.8 Å². The number of hydrogen-bond acceptors (Lipinski definition) is 4. The lowest BCUT2D eigenvalue weighted by atomic mass is 10.1. The van der Waals surface area contributed by atoms with Crippen LogP contribution in [0.1, 0.15) is 27.7 Å². The molecule has 2 rings (SSSR count). The van der Waals surface area contributed by atoms with E-state index in [9.17, 15) is 14.4 Å². The molecule has 0 saturated heterocycles. The molecule has 0 saturated carbocycles. The van der Waals surface area contributed by atoms with Crippen molar-refractivity contribution >= 4 is 39.7 Å². The molecule has 0 aliphatic heterocycles. The normalized spacial score (nSPS) is 10.2. The Morgan fingerprint density at radius 1 is 1.04 bits per heavy atom. The van der Waals surface area contributed by atoms with Crippen LogP contribution in [0.5, 0.6) is 0 Å². The minimum Gasteiger partial charge on any atom is -0.332 e. The first-order valence-corrected chi connectivity index (χ1v) is 8.58. The lowest BCUT2D eigenvalue weighted by Gasteiger charge is -2.17. The third-order valence-corrected chi connectivity index (χ3v) is 4.58. The molecule has 0 bridgehead atoms. The number of anilines is 2. The molecule has 0 aliphatic rings. The molecule has 1 aromatic heterocycles. The summed E-state index contributed by atoms with van der Waals surface area (Å²) in [6.07, 6.45) is 0. The number of carbonyl (C=O) groups is 3. The number of nitrogens with one attached hydrogen (secondary N) is 2. The summed E-state index contributed by atoms with van der Waals surface area (Å²) in [7, 11) is 1.57. The standard InChI is InChI=1S/C18H21N3O3S/c1-11-6-5-7-12(2)17(11)20-15(23)10-21(4)18(24)14-8-9-16(25-14)19-13(3)22/h5-9H,10H2,1-4H3,(H,19,22)(H,20,23). The van der Waals surface area contributed by atoms with Gasteiger partial charge in [-0.05, 0) is 37.1 Å². The maximum Gasteiger partial charge on any atom is 0.264 e. The van der Waals surface area contributed by atoms with Crippen LogP contribution >= 0.6 is 11.3 Å². The Labute approximate surface area is 150 Å². The minimum absolute atomic E-state index is 0.0556. The Balaban J connectivity index is 1.99. The van der Waals surface area contributed by atoms with E-state index in [2.05, 4.69) is 10.6 Å². The van der Waals surface area contributed by atoms with Crippen LogP contribution in [0.15, 0.2) is 30.3 Å². The number of nitrogens with zero attached hydrogens (tertiary/aromatic N) is 1. The van der Waals surface area contributed by atoms with Crippen LogP contribution in [0.4, 0.5) is 10.7 Å². The highest BCUT2D eigenvalue weighted by Crippen LogP contribution is 2.23. The second kappa shape index (κ2) is 7.94. The molecule has 25 heavy (non-hydrogen) atoms. The molecule has 2 N–H and O–H groups in total. The summed E-state index contributed by atoms with van der Waals surface area (Å²) in [5.41, 5.74) is 2.72. The Bertz CT molecular complexity index is 793. The maximum absolute atomic E-state index is 12.4. The number of amides is 3. The van der Waals surface area contributed by atoms with E-state index >= 15 is 0 Å². The van der Waals surface area contributed by atoms with Crippen LogP contribution in [0.2, 0.25) is 0 Å². The second-order valence-electron chi connectivity index (χ2n) is 5.82. The van der Waals surface area contributed by atoms with Crippen molar-refractivity contribution < 1.29 is 14.4 Å². The lowest BCUT2D eigenvalue weighted by molar-refractivity contribution is -0.116. The number of benzene rings is 1. The summed E-state index contributed by atoms with van der Waals surface area (Å²) < 4.78 is 0. The SMILES string of the molecule is CC(=O)Nc1ccc(C(=O)N(C)CC(=O)Nc2c(C)cccc2C)s1. The zero-order valence-electron chi connectivity index (χ0n) is 14.7. The Morgan fingerprint density at radius 2 is 1.68 bits per heavy atom. The van der Waals surface area contributed by atoms with Gasteiger partial charge in [0.25, 0.3) is 5.91 Å². The molecule has 1 heterocycles. The molecule has 6 nitrogen and oxygen atoms in total. The van der Waals surface area contributed by atoms with Gasteiger partial charge in [-0.1, -0.05) is 18.2 Å². The monoisotopic (exact) mass is 359 g/mol. The molecule has 0 aliphatic carbocycles. The van der Waals surface area contributed by atoms with E-state index in [1.54, 1.807) is 19.2 Å². The van der Waals surface area contributed by atoms with Gasteiger partial charge in [0.2, 0.25) is 11.8 Å². The number of rotatable bonds is 5. The van der Waals surface area contributed by atoms with Gasteiger partial charge in [0, 0.05) is 19.7 Å². The van der Waals surface area contributed by atoms with Crippen molar-refractivity contribution in [3.63, 3.8) is 0 Å². The van der Waals surface area contributed by atoms with Crippen LogP contribution in [0.25, 0.3) is 0 Å². The summed E-state index contributed by atoms with van der Waals surface area (Å²) in [4.78, 5) is 37.5. The van der Waals surface area contributed by atoms with Gasteiger partial charge in [-0.3, -0.25) is 14.4 Å². The van der Waals surface area contributed by atoms with Gasteiger partial charge in [0.1, 0.15) is 0 Å². The maximum atomic E-state index is 12.4. The summed E-state index contributed by atoms with van der Waals surface area (Å²) in [5.74, 6) is -0.715. The topological polar surface area (TPSA) is 78.5 Å². The zero-order chi connectivity index (χ0) is 18.6. The van der Waals surface area contributed by atoms with Crippen LogP contribution < -0.4 is 10.6 Å². The van der Waals surface area contributed by atoms with Gasteiger partial charge in [-0.2, -0.15) is 0 Å². The molecular weight excluding hydrogens is 338 g/mol. The molecule has 132 valence electrons. The minimum atomic E-state index is -0.266. The first kappa shape index (κ1) is 18.7. The van der Waals surface area contributed by atoms with Crippen molar-refractivity contribution in [2.45, 2.75) is 20.8 Å². The van der Waals surface area contributed by atoms with E-state index < -0.39 is 0 Å². The first-order chi connectivity index (χ1) is 11.8. The number of para-hydroxylation sites is 1. The number of likely N-dealkylation sites (N-methyl/N-ethyl adjacent to an activating group) is 1. The predicted octanol–water partition coefficient (Wildman–Crippen LogP) is 3.03. The highest BCUT2D eigenvalue weighted by Gasteiger charge is 2.18. The molecule has 1 aromatic carbocycles. The van der Waals surface area contributed by atoms with Crippen LogP contribution in [0.3, 0.4) is 0 Å². The highest BCUT2D eigenvalue weighted by atomic mass is 32.1. The van der Waals surface area contributed by atoms with Crippen molar-refractivity contribution in [1.29, 1.82) is 0 Å². The fourth-order valence-corrected chi connectivity index (χ4v) is 3.31. The fraction of sp³-hybridized carbons (Fsp3) is 0.278. The lowest BCUT2D eigenvalue weighted by Crippen LogP contribution is -2.34. The van der Waals surface area contributed by atoms with Gasteiger partial charge < -0.3 is 15.5 Å². The largest absolute Gasteiger partial charge is 0.332 e. The molecule has 7 heteroatoms. The molecule has 3 amide bonds. The predicted molar refractivity (Wildman–Crippen MR) is 100 cm³/mol. The summed E-state index contributed by atoms with van der Waals surface area (Å²) in [5, 5.41) is 6.10. The molecule has 0 radical (unpaired) electrons. The van der Waals surface area contributed by atoms with Crippen molar-refractivity contribution in [3.05, 3.63) is 46.3 Å². The van der Waals surface area contributed by atoms with Gasteiger partial charge >= 0.3 is 0 Å². The smallest absolute Gasteiger partial charge is 0.264 e. The molecule has 0 fully saturated rings. The van der Waals surface area contributed by atoms with E-state index in [0.29, 0.717) is 9.88 Å². The quantitative estimate of drug-likeness (QED) is 0.861. The van der Waals surface area contributed by atoms with Gasteiger partial charge in [-0.15, -0.1) is 11.3 Å². The molecule has 0 atom stereocenters. The van der Waals surface area contributed by atoms with Gasteiger partial charge in [-0.25, -0.2) is 0 Å². The van der Waals surface area contributed by atoms with Crippen molar-refractivity contribution in [2.75, 3.05) is 24.2 Å². The summed E-state index contributed by atoms with van der Waals surface area (Å²) >= 11 is 1.18. The number of carbonyl (C=O) groups excluding carboxylic acids is 3. The fourth-order valence-electron chi connectivity index (χ4n) is 2.36. The van der Waals surface area contributed by atoms with Crippen molar-refractivity contribution in [1.82, 2.24) is 4.90 Å². The van der Waals surface area contributed by atoms with E-state index in [1.807, 2.05) is 32.0 Å². The van der Waals surface area contributed by atoms with E-state index in [1.165, 1.54) is 23.2 Å². The third kappa shape index (κ3) is 4.90. The Morgan fingerprint density at radius 3 is 2.28 bits per heavy atom. The van der Waals surface area contributed by atoms with Crippen LogP contribution in [-0.2, 0) is 9.59 Å². The first-order valence-electron chi connectivity index (χ1n) is 7.77. The molecule has 0 unspecified atom stereocenters. The summed E-state index contributed by atoms with van der Waals surface area (Å²) in [6, 6.07) is 9.08. The third-order valence-electron chi connectivity index (χ3n) is 3.59. The van der Waals surface area contributed by atoms with Crippen molar-refractivity contribution in [3.8, 4) is 0 Å². The molecule has 0 spiro atoms. The Hall–Kier alpha value is -2.67. The average Bonchev–Trinajstić information content (AvgIpc) is 2.97. The number of hydrogen-bond donors (Lipinski definition) is 2. The summed E-state index contributed by atoms with van der Waals surface area (Å²) in [6.45, 7) is 5.20. The van der Waals surface area contributed by atoms with Gasteiger partial charge in [0.15, 0.2) is 0 Å². The van der Waals surface area contributed by atoms with Crippen LogP contribution in [-0.4, -0.2) is 36.2 Å². The van der Waals surface area contributed by atoms with E-state index in [-0.39, 0.29) is 24.3 Å². The number of thiophene rings is 1. The molecular formula is C18H21N3O3S. The average molecular weight is 359 g/mol. The zero-order valence-corrected chi connectivity index (χ0v) is 15.5. The van der Waals surface area contributed by atoms with E-state index in [0.717, 1.165) is 16.8 Å². The van der Waals surface area contributed by atoms with E-state index in [4.69, 9.17) is 0 Å². The number of aryl methyl sites for hydroxylation is 2. The Kier molecular flexibility index (Phi) is 5.93. The second-order valence-corrected chi connectivity index (χ2v) is 6.91. The van der Waals surface area contributed by atoms with Gasteiger partial charge in [0.05, 0.1) is 16.4 Å². The molecule has 2 aromatic rings.